The van der Waals surface area contributed by atoms with E-state index in [2.05, 4.69) is 22.6 Å². The summed E-state index contributed by atoms with van der Waals surface area (Å²) < 4.78 is 6.42. The van der Waals surface area contributed by atoms with E-state index in [4.69, 9.17) is 9.84 Å². The minimum atomic E-state index is -1.00. The maximum Gasteiger partial charge on any atom is 0.327 e. The average Bonchev–Trinajstić information content (AvgIpc) is 2.44. The molecular weight excluding hydrogens is 387 g/mol. The first kappa shape index (κ1) is 17.9. The van der Waals surface area contributed by atoms with Crippen LogP contribution in [-0.4, -0.2) is 34.0 Å². The second-order valence-electron chi connectivity index (χ2n) is 4.46. The number of rotatable bonds is 8. The van der Waals surface area contributed by atoms with Gasteiger partial charge in [-0.3, -0.25) is 0 Å². The number of aliphatic hydroxyl groups excluding tert-OH is 1. The largest absolute Gasteiger partial charge is 0.508 e. The molecule has 0 amide bonds. The lowest BCUT2D eigenvalue weighted by atomic mass is 9.99. The highest BCUT2D eigenvalue weighted by atomic mass is 127. The summed E-state index contributed by atoms with van der Waals surface area (Å²) in [4.78, 5) is 10.4. The number of ether oxygens (including phenoxy) is 1. The van der Waals surface area contributed by atoms with Gasteiger partial charge in [0, 0.05) is 21.8 Å². The van der Waals surface area contributed by atoms with Gasteiger partial charge in [0.05, 0.1) is 6.10 Å². The van der Waals surface area contributed by atoms with Crippen LogP contribution < -0.4 is 0 Å². The number of hydrogen-bond acceptors (Lipinski definition) is 4. The van der Waals surface area contributed by atoms with Gasteiger partial charge < -0.3 is 20.1 Å². The molecule has 0 saturated heterocycles. The van der Waals surface area contributed by atoms with E-state index in [-0.39, 0.29) is 5.75 Å². The molecule has 0 aliphatic heterocycles. The Morgan fingerprint density at radius 3 is 2.81 bits per heavy atom. The first-order valence-corrected chi connectivity index (χ1v) is 7.71. The molecule has 0 aliphatic rings. The van der Waals surface area contributed by atoms with Gasteiger partial charge in [0.2, 0.25) is 0 Å². The summed E-state index contributed by atoms with van der Waals surface area (Å²) >= 11 is 2.10. The quantitative estimate of drug-likeness (QED) is 0.457. The highest BCUT2D eigenvalue weighted by Crippen LogP contribution is 2.31. The fourth-order valence-electron chi connectivity index (χ4n) is 1.95. The highest BCUT2D eigenvalue weighted by Gasteiger charge is 2.23. The topological polar surface area (TPSA) is 87.0 Å². The number of aromatic hydroxyl groups is 1. The summed E-state index contributed by atoms with van der Waals surface area (Å²) in [5, 5.41) is 28.8. The maximum absolute atomic E-state index is 10.4. The molecule has 1 aromatic carbocycles. The van der Waals surface area contributed by atoms with E-state index in [0.29, 0.717) is 25.0 Å². The Labute approximate surface area is 137 Å². The number of aliphatic hydroxyl groups is 1. The molecule has 0 heterocycles. The van der Waals surface area contributed by atoms with Crippen molar-refractivity contribution in [1.82, 2.24) is 0 Å². The minimum Gasteiger partial charge on any atom is -0.508 e. The summed E-state index contributed by atoms with van der Waals surface area (Å²) in [7, 11) is 0. The van der Waals surface area contributed by atoms with Gasteiger partial charge in [0.1, 0.15) is 11.9 Å². The van der Waals surface area contributed by atoms with E-state index in [1.54, 1.807) is 12.1 Å². The molecule has 0 aromatic heterocycles. The molecule has 5 nitrogen and oxygen atoms in total. The standard InChI is InChI=1S/C15H19IO5/c1-2-21-13(5-3-4-6-14(18)19)15(20)11-9-10(16)7-8-12(11)17/h4,6-9,13,15,17,20H,2-3,5H2,1H3,(H,18,19)/b6-4+/t13-,15-/m1/s1. The van der Waals surface area contributed by atoms with E-state index < -0.39 is 18.2 Å². The van der Waals surface area contributed by atoms with Crippen LogP contribution >= 0.6 is 22.6 Å². The summed E-state index contributed by atoms with van der Waals surface area (Å²) in [6.07, 6.45) is 2.06. The van der Waals surface area contributed by atoms with Gasteiger partial charge >= 0.3 is 5.97 Å². The second kappa shape index (κ2) is 9.01. The van der Waals surface area contributed by atoms with Crippen LogP contribution in [0.15, 0.2) is 30.4 Å². The van der Waals surface area contributed by atoms with Crippen LogP contribution in [0.1, 0.15) is 31.4 Å². The number of halogens is 1. The van der Waals surface area contributed by atoms with Gasteiger partial charge in [0.25, 0.3) is 0 Å². The molecule has 21 heavy (non-hydrogen) atoms. The molecule has 0 aliphatic carbocycles. The third kappa shape index (κ3) is 6.03. The monoisotopic (exact) mass is 406 g/mol. The normalized spacial score (nSPS) is 14.2. The molecule has 1 rings (SSSR count). The Balaban J connectivity index is 2.78. The fourth-order valence-corrected chi connectivity index (χ4v) is 2.47. The molecule has 2 atom stereocenters. The van der Waals surface area contributed by atoms with Crippen molar-refractivity contribution in [3.05, 3.63) is 39.5 Å². The third-order valence-corrected chi connectivity index (χ3v) is 3.59. The molecule has 116 valence electrons. The fraction of sp³-hybridized carbons (Fsp3) is 0.400. The van der Waals surface area contributed by atoms with Crippen molar-refractivity contribution < 1.29 is 24.9 Å². The smallest absolute Gasteiger partial charge is 0.327 e. The van der Waals surface area contributed by atoms with Crippen LogP contribution in [0.2, 0.25) is 0 Å². The number of phenolic OH excluding ortho intramolecular Hbond substituents is 1. The molecule has 0 bridgehead atoms. The Hall–Kier alpha value is -1.12. The molecule has 0 unspecified atom stereocenters. The van der Waals surface area contributed by atoms with E-state index in [9.17, 15) is 15.0 Å². The number of benzene rings is 1. The Kier molecular flexibility index (Phi) is 7.69. The van der Waals surface area contributed by atoms with Crippen molar-refractivity contribution in [2.75, 3.05) is 6.61 Å². The van der Waals surface area contributed by atoms with Crippen LogP contribution in [-0.2, 0) is 9.53 Å². The van der Waals surface area contributed by atoms with Crippen LogP contribution in [0.4, 0.5) is 0 Å². The lowest BCUT2D eigenvalue weighted by molar-refractivity contribution is -0.131. The first-order valence-electron chi connectivity index (χ1n) is 6.63. The van der Waals surface area contributed by atoms with Crippen molar-refractivity contribution in [2.45, 2.75) is 32.0 Å². The Morgan fingerprint density at radius 1 is 1.48 bits per heavy atom. The SMILES string of the molecule is CCO[C@H](CC/C=C/C(=O)O)[C@H](O)c1cc(I)ccc1O. The van der Waals surface area contributed by atoms with Gasteiger partial charge in [-0.1, -0.05) is 6.08 Å². The van der Waals surface area contributed by atoms with Gasteiger partial charge in [0.15, 0.2) is 0 Å². The van der Waals surface area contributed by atoms with E-state index >= 15 is 0 Å². The minimum absolute atomic E-state index is 0.0219. The lowest BCUT2D eigenvalue weighted by Crippen LogP contribution is -2.22. The zero-order valence-corrected chi connectivity index (χ0v) is 13.9. The second-order valence-corrected chi connectivity index (χ2v) is 5.71. The van der Waals surface area contributed by atoms with Gasteiger partial charge in [-0.15, -0.1) is 0 Å². The predicted molar refractivity (Wildman–Crippen MR) is 87.2 cm³/mol. The summed E-state index contributed by atoms with van der Waals surface area (Å²) in [5.74, 6) is -0.979. The molecule has 0 fully saturated rings. The molecule has 6 heteroatoms. The Morgan fingerprint density at radius 2 is 2.19 bits per heavy atom. The van der Waals surface area contributed by atoms with Crippen molar-refractivity contribution in [3.8, 4) is 5.75 Å². The van der Waals surface area contributed by atoms with Crippen molar-refractivity contribution in [1.29, 1.82) is 0 Å². The Bertz CT molecular complexity index is 501. The number of phenols is 1. The van der Waals surface area contributed by atoms with Crippen LogP contribution in [0.3, 0.4) is 0 Å². The molecule has 0 radical (unpaired) electrons. The van der Waals surface area contributed by atoms with Gasteiger partial charge in [-0.2, -0.15) is 0 Å². The third-order valence-electron chi connectivity index (χ3n) is 2.92. The van der Waals surface area contributed by atoms with E-state index in [1.165, 1.54) is 12.1 Å². The van der Waals surface area contributed by atoms with Crippen molar-refractivity contribution >= 4 is 28.6 Å². The molecule has 3 N–H and O–H groups in total. The molecular formula is C15H19IO5. The van der Waals surface area contributed by atoms with E-state index in [0.717, 1.165) is 9.65 Å². The van der Waals surface area contributed by atoms with Crippen molar-refractivity contribution in [3.63, 3.8) is 0 Å². The summed E-state index contributed by atoms with van der Waals surface area (Å²) in [6.45, 7) is 2.25. The first-order chi connectivity index (χ1) is 9.95. The summed E-state index contributed by atoms with van der Waals surface area (Å²) in [5.41, 5.74) is 0.419. The lowest BCUT2D eigenvalue weighted by Gasteiger charge is -2.23. The maximum atomic E-state index is 10.4. The van der Waals surface area contributed by atoms with Crippen LogP contribution in [0.5, 0.6) is 5.75 Å². The molecule has 0 spiro atoms. The van der Waals surface area contributed by atoms with Gasteiger partial charge in [-0.05, 0) is 60.6 Å². The number of hydrogen-bond donors (Lipinski definition) is 3. The van der Waals surface area contributed by atoms with Gasteiger partial charge in [-0.25, -0.2) is 4.79 Å². The van der Waals surface area contributed by atoms with Crippen molar-refractivity contribution in [2.24, 2.45) is 0 Å². The van der Waals surface area contributed by atoms with E-state index in [1.807, 2.05) is 6.92 Å². The van der Waals surface area contributed by atoms with Crippen LogP contribution in [0.25, 0.3) is 0 Å². The molecule has 0 saturated carbocycles. The summed E-state index contributed by atoms with van der Waals surface area (Å²) in [6, 6.07) is 4.99. The molecule has 1 aromatic rings. The number of aliphatic carboxylic acids is 1. The zero-order valence-electron chi connectivity index (χ0n) is 11.7. The number of carboxylic acid groups (broad SMARTS) is 1. The number of carbonyl (C=O) groups is 1. The van der Waals surface area contributed by atoms with Crippen LogP contribution in [0, 0.1) is 3.57 Å². The number of allylic oxidation sites excluding steroid dienone is 1. The zero-order chi connectivity index (χ0) is 15.8. The average molecular weight is 406 g/mol. The predicted octanol–water partition coefficient (Wildman–Crippen LogP) is 2.86. The number of carboxylic acids is 1. The highest BCUT2D eigenvalue weighted by molar-refractivity contribution is 14.1.